The number of nitrogens with one attached hydrogen (secondary N) is 2. The molecule has 1 heterocycles. The molecular weight excluding hydrogens is 312 g/mol. The maximum Gasteiger partial charge on any atom is 0.259 e. The lowest BCUT2D eigenvalue weighted by atomic mass is 10.1. The van der Waals surface area contributed by atoms with Gasteiger partial charge in [-0.1, -0.05) is 15.9 Å². The summed E-state index contributed by atoms with van der Waals surface area (Å²) in [5.41, 5.74) is 0.662. The SMILES string of the molecule is O=C1NC(=O)c2cc(NS(=O)(=O)CBr)ccc21. The number of benzene rings is 1. The molecule has 2 rings (SSSR count). The highest BCUT2D eigenvalue weighted by atomic mass is 79.9. The molecule has 1 aliphatic rings. The molecular formula is C9H7BrN2O4S. The lowest BCUT2D eigenvalue weighted by Gasteiger charge is -2.05. The Labute approximate surface area is 106 Å². The number of imide groups is 1. The fourth-order valence-electron chi connectivity index (χ4n) is 1.44. The number of carbonyl (C=O) groups is 2. The molecule has 1 aliphatic heterocycles. The number of amides is 2. The van der Waals surface area contributed by atoms with Crippen molar-refractivity contribution in [2.75, 3.05) is 9.38 Å². The second kappa shape index (κ2) is 4.11. The minimum absolute atomic E-state index is 0.171. The number of hydrogen-bond acceptors (Lipinski definition) is 4. The number of alkyl halides is 1. The summed E-state index contributed by atoms with van der Waals surface area (Å²) in [5.74, 6) is -0.996. The van der Waals surface area contributed by atoms with Crippen LogP contribution >= 0.6 is 15.9 Å². The molecule has 0 fully saturated rings. The number of halogens is 1. The van der Waals surface area contributed by atoms with Gasteiger partial charge < -0.3 is 0 Å². The highest BCUT2D eigenvalue weighted by Crippen LogP contribution is 2.21. The van der Waals surface area contributed by atoms with Gasteiger partial charge in [0.25, 0.3) is 11.8 Å². The molecule has 0 atom stereocenters. The number of fused-ring (bicyclic) bond motifs is 1. The van der Waals surface area contributed by atoms with E-state index >= 15 is 0 Å². The topological polar surface area (TPSA) is 92.3 Å². The van der Waals surface area contributed by atoms with E-state index in [0.717, 1.165) is 0 Å². The Hall–Kier alpha value is -1.41. The third-order valence-electron chi connectivity index (χ3n) is 2.15. The molecule has 2 amide bonds. The monoisotopic (exact) mass is 318 g/mol. The molecule has 0 aliphatic carbocycles. The van der Waals surface area contributed by atoms with Gasteiger partial charge in [0.1, 0.15) is 4.66 Å². The maximum absolute atomic E-state index is 11.3. The Morgan fingerprint density at radius 3 is 2.47 bits per heavy atom. The van der Waals surface area contributed by atoms with Gasteiger partial charge in [0, 0.05) is 5.69 Å². The average Bonchev–Trinajstić information content (AvgIpc) is 2.54. The zero-order chi connectivity index (χ0) is 12.6. The molecule has 0 saturated heterocycles. The van der Waals surface area contributed by atoms with Crippen molar-refractivity contribution in [1.29, 1.82) is 0 Å². The fraction of sp³-hybridized carbons (Fsp3) is 0.111. The Bertz CT molecular complexity index is 611. The Balaban J connectivity index is 2.39. The van der Waals surface area contributed by atoms with E-state index in [-0.39, 0.29) is 21.5 Å². The van der Waals surface area contributed by atoms with Gasteiger partial charge in [-0.05, 0) is 18.2 Å². The first-order valence-corrected chi connectivity index (χ1v) is 7.26. The zero-order valence-corrected chi connectivity index (χ0v) is 10.8. The number of anilines is 1. The number of rotatable bonds is 3. The van der Waals surface area contributed by atoms with Crippen LogP contribution in [0, 0.1) is 0 Å². The Morgan fingerprint density at radius 1 is 1.18 bits per heavy atom. The van der Waals surface area contributed by atoms with E-state index in [0.29, 0.717) is 0 Å². The van der Waals surface area contributed by atoms with Crippen molar-refractivity contribution < 1.29 is 18.0 Å². The minimum atomic E-state index is -3.47. The normalized spacial score (nSPS) is 14.4. The molecule has 0 spiro atoms. The van der Waals surface area contributed by atoms with E-state index in [1.165, 1.54) is 18.2 Å². The largest absolute Gasteiger partial charge is 0.288 e. The van der Waals surface area contributed by atoms with Crippen molar-refractivity contribution in [1.82, 2.24) is 5.32 Å². The molecule has 0 radical (unpaired) electrons. The van der Waals surface area contributed by atoms with Gasteiger partial charge in [-0.2, -0.15) is 0 Å². The molecule has 6 nitrogen and oxygen atoms in total. The summed E-state index contributed by atoms with van der Waals surface area (Å²) in [6.07, 6.45) is 0. The number of carbonyl (C=O) groups excluding carboxylic acids is 2. The van der Waals surface area contributed by atoms with Gasteiger partial charge in [0.05, 0.1) is 11.1 Å². The summed E-state index contributed by atoms with van der Waals surface area (Å²) in [6.45, 7) is 0. The van der Waals surface area contributed by atoms with Crippen LogP contribution in [0.4, 0.5) is 5.69 Å². The van der Waals surface area contributed by atoms with E-state index in [9.17, 15) is 18.0 Å². The standard InChI is InChI=1S/C9H7BrN2O4S/c10-4-17(15,16)12-5-1-2-6-7(3-5)9(14)11-8(6)13/h1-3,12H,4H2,(H,11,13,14). The second-order valence-corrected chi connectivity index (χ2v) is 6.39. The molecule has 8 heteroatoms. The van der Waals surface area contributed by atoms with Crippen molar-refractivity contribution >= 4 is 43.5 Å². The Kier molecular flexibility index (Phi) is 2.92. The molecule has 1 aromatic carbocycles. The van der Waals surface area contributed by atoms with Crippen LogP contribution in [0.1, 0.15) is 20.7 Å². The molecule has 0 saturated carbocycles. The predicted octanol–water partition coefficient (Wildman–Crippen LogP) is 0.664. The van der Waals surface area contributed by atoms with Crippen LogP contribution in [-0.4, -0.2) is 24.9 Å². The number of hydrogen-bond donors (Lipinski definition) is 2. The summed E-state index contributed by atoms with van der Waals surface area (Å²) >= 11 is 2.83. The van der Waals surface area contributed by atoms with Crippen molar-refractivity contribution in [3.8, 4) is 0 Å². The van der Waals surface area contributed by atoms with E-state index < -0.39 is 21.8 Å². The molecule has 0 bridgehead atoms. The van der Waals surface area contributed by atoms with Crippen molar-refractivity contribution in [3.63, 3.8) is 0 Å². The van der Waals surface area contributed by atoms with E-state index in [1.807, 2.05) is 0 Å². The molecule has 0 aromatic heterocycles. The van der Waals surface area contributed by atoms with Crippen molar-refractivity contribution in [2.45, 2.75) is 0 Å². The summed E-state index contributed by atoms with van der Waals surface area (Å²) in [5, 5.41) is 2.12. The third-order valence-corrected chi connectivity index (χ3v) is 4.80. The van der Waals surface area contributed by atoms with Crippen LogP contribution in [0.3, 0.4) is 0 Å². The quantitative estimate of drug-likeness (QED) is 0.632. The average molecular weight is 319 g/mol. The van der Waals surface area contributed by atoms with Gasteiger partial charge in [-0.15, -0.1) is 0 Å². The molecule has 1 aromatic rings. The zero-order valence-electron chi connectivity index (χ0n) is 8.36. The van der Waals surface area contributed by atoms with E-state index in [4.69, 9.17) is 0 Å². The van der Waals surface area contributed by atoms with Crippen LogP contribution < -0.4 is 10.0 Å². The van der Waals surface area contributed by atoms with E-state index in [2.05, 4.69) is 26.0 Å². The lowest BCUT2D eigenvalue weighted by Crippen LogP contribution is -2.19. The van der Waals surface area contributed by atoms with Crippen LogP contribution in [0.5, 0.6) is 0 Å². The highest BCUT2D eigenvalue weighted by molar-refractivity contribution is 9.10. The first-order valence-electron chi connectivity index (χ1n) is 4.49. The Morgan fingerprint density at radius 2 is 1.82 bits per heavy atom. The summed E-state index contributed by atoms with van der Waals surface area (Å²) in [7, 11) is -3.47. The van der Waals surface area contributed by atoms with Crippen LogP contribution in [0.2, 0.25) is 0 Å². The minimum Gasteiger partial charge on any atom is -0.288 e. The fourth-order valence-corrected chi connectivity index (χ4v) is 2.32. The van der Waals surface area contributed by atoms with Crippen LogP contribution in [0.15, 0.2) is 18.2 Å². The molecule has 17 heavy (non-hydrogen) atoms. The lowest BCUT2D eigenvalue weighted by molar-refractivity contribution is 0.0879. The van der Waals surface area contributed by atoms with Crippen molar-refractivity contribution in [2.24, 2.45) is 0 Å². The summed E-state index contributed by atoms with van der Waals surface area (Å²) in [4.78, 5) is 22.6. The number of sulfonamides is 1. The highest BCUT2D eigenvalue weighted by Gasteiger charge is 2.26. The van der Waals surface area contributed by atoms with Gasteiger partial charge in [0.15, 0.2) is 0 Å². The van der Waals surface area contributed by atoms with Gasteiger partial charge in [-0.25, -0.2) is 8.42 Å². The summed E-state index contributed by atoms with van der Waals surface area (Å²) < 4.78 is 24.6. The molecule has 0 unspecified atom stereocenters. The van der Waals surface area contributed by atoms with Gasteiger partial charge in [-0.3, -0.25) is 19.6 Å². The smallest absolute Gasteiger partial charge is 0.259 e. The first-order chi connectivity index (χ1) is 7.93. The third kappa shape index (κ3) is 2.32. The van der Waals surface area contributed by atoms with Gasteiger partial charge in [0.2, 0.25) is 10.0 Å². The van der Waals surface area contributed by atoms with E-state index in [1.54, 1.807) is 0 Å². The molecule has 2 N–H and O–H groups in total. The summed E-state index contributed by atoms with van der Waals surface area (Å²) in [6, 6.07) is 4.16. The second-order valence-electron chi connectivity index (χ2n) is 3.37. The van der Waals surface area contributed by atoms with Crippen molar-refractivity contribution in [3.05, 3.63) is 29.3 Å². The maximum atomic E-state index is 11.3. The first kappa shape index (κ1) is 12.1. The molecule has 90 valence electrons. The predicted molar refractivity (Wildman–Crippen MR) is 64.6 cm³/mol. The van der Waals surface area contributed by atoms with Crippen LogP contribution in [0.25, 0.3) is 0 Å². The van der Waals surface area contributed by atoms with Gasteiger partial charge >= 0.3 is 0 Å². The van der Waals surface area contributed by atoms with Crippen LogP contribution in [-0.2, 0) is 10.0 Å².